The number of hydrogen-bond acceptors (Lipinski definition) is 3. The summed E-state index contributed by atoms with van der Waals surface area (Å²) in [5.41, 5.74) is 4.28. The maximum atomic E-state index is 12.9. The van der Waals surface area contributed by atoms with Crippen LogP contribution in [0.25, 0.3) is 11.3 Å². The number of likely N-dealkylation sites (tertiary alicyclic amines) is 1. The third kappa shape index (κ3) is 3.03. The smallest absolute Gasteiger partial charge is 0.244 e. The van der Waals surface area contributed by atoms with Crippen LogP contribution in [0.5, 0.6) is 5.75 Å². The highest BCUT2D eigenvalue weighted by atomic mass is 16.5. The third-order valence-corrected chi connectivity index (χ3v) is 5.20. The normalized spacial score (nSPS) is 22.1. The molecule has 1 fully saturated rings. The van der Waals surface area contributed by atoms with Crippen molar-refractivity contribution in [2.24, 2.45) is 11.8 Å². The van der Waals surface area contributed by atoms with Crippen molar-refractivity contribution in [1.29, 1.82) is 0 Å². The number of piperidine rings is 1. The first-order valence-electron chi connectivity index (χ1n) is 9.07. The Morgan fingerprint density at radius 2 is 2.04 bits per heavy atom. The van der Waals surface area contributed by atoms with E-state index in [4.69, 9.17) is 4.74 Å². The number of nitrogens with zero attached hydrogens (tertiary/aromatic N) is 3. The van der Waals surface area contributed by atoms with Crippen LogP contribution in [0.2, 0.25) is 0 Å². The number of aromatic nitrogens is 2. The van der Waals surface area contributed by atoms with Gasteiger partial charge in [-0.2, -0.15) is 5.10 Å². The van der Waals surface area contributed by atoms with Crippen LogP contribution in [0.3, 0.4) is 0 Å². The minimum absolute atomic E-state index is 0.157. The van der Waals surface area contributed by atoms with Gasteiger partial charge >= 0.3 is 0 Å². The first kappa shape index (κ1) is 16.2. The Hall–Kier alpha value is -2.30. The van der Waals surface area contributed by atoms with Crippen molar-refractivity contribution < 1.29 is 9.53 Å². The third-order valence-electron chi connectivity index (χ3n) is 5.20. The second-order valence-electron chi connectivity index (χ2n) is 7.71. The standard InChI is InChI=1S/C20H25N3O2/c1-13-4-5-18-17(7-13)20-16(12-25-18)8-21-23(20)11-19(24)22-9-14(2)6-15(3)10-22/h4-5,7-8,14-15H,6,9-12H2,1-3H3. The quantitative estimate of drug-likeness (QED) is 0.844. The Labute approximate surface area is 148 Å². The molecule has 1 amide bonds. The zero-order valence-electron chi connectivity index (χ0n) is 15.2. The fraction of sp³-hybridized carbons (Fsp3) is 0.500. The van der Waals surface area contributed by atoms with Crippen molar-refractivity contribution >= 4 is 5.91 Å². The van der Waals surface area contributed by atoms with E-state index in [1.54, 1.807) is 0 Å². The molecule has 0 spiro atoms. The molecule has 5 nitrogen and oxygen atoms in total. The molecule has 2 unspecified atom stereocenters. The summed E-state index contributed by atoms with van der Waals surface area (Å²) < 4.78 is 7.67. The second kappa shape index (κ2) is 6.21. The van der Waals surface area contributed by atoms with Gasteiger partial charge in [-0.3, -0.25) is 9.48 Å². The van der Waals surface area contributed by atoms with E-state index in [2.05, 4.69) is 31.9 Å². The van der Waals surface area contributed by atoms with Crippen LogP contribution in [0, 0.1) is 18.8 Å². The number of rotatable bonds is 2. The van der Waals surface area contributed by atoms with Gasteiger partial charge in [0.15, 0.2) is 0 Å². The molecular weight excluding hydrogens is 314 g/mol. The Balaban J connectivity index is 1.61. The minimum Gasteiger partial charge on any atom is -0.488 e. The summed E-state index contributed by atoms with van der Waals surface area (Å²) in [6, 6.07) is 6.16. The average molecular weight is 339 g/mol. The summed E-state index contributed by atoms with van der Waals surface area (Å²) in [5.74, 6) is 2.16. The molecule has 2 aliphatic heterocycles. The Kier molecular flexibility index (Phi) is 4.02. The number of hydrogen-bond donors (Lipinski definition) is 0. The van der Waals surface area contributed by atoms with Crippen molar-refractivity contribution in [2.75, 3.05) is 13.1 Å². The first-order chi connectivity index (χ1) is 12.0. The Morgan fingerprint density at radius 1 is 1.28 bits per heavy atom. The molecule has 1 aromatic heterocycles. The molecular formula is C20H25N3O2. The second-order valence-corrected chi connectivity index (χ2v) is 7.71. The van der Waals surface area contributed by atoms with Crippen molar-refractivity contribution in [3.63, 3.8) is 0 Å². The van der Waals surface area contributed by atoms with Gasteiger partial charge in [-0.05, 0) is 37.3 Å². The molecule has 0 radical (unpaired) electrons. The SMILES string of the molecule is Cc1ccc2c(c1)-c1c(cnn1CC(=O)N1CC(C)CC(C)C1)CO2. The lowest BCUT2D eigenvalue weighted by atomic mass is 9.92. The molecule has 1 saturated heterocycles. The summed E-state index contributed by atoms with van der Waals surface area (Å²) >= 11 is 0. The van der Waals surface area contributed by atoms with Crippen molar-refractivity contribution in [2.45, 2.75) is 40.3 Å². The zero-order chi connectivity index (χ0) is 17.6. The van der Waals surface area contributed by atoms with E-state index in [-0.39, 0.29) is 5.91 Å². The van der Waals surface area contributed by atoms with Crippen LogP contribution in [0.1, 0.15) is 31.4 Å². The van der Waals surface area contributed by atoms with Gasteiger partial charge in [0.1, 0.15) is 18.9 Å². The maximum absolute atomic E-state index is 12.9. The monoisotopic (exact) mass is 339 g/mol. The Bertz CT molecular complexity index is 801. The molecule has 3 heterocycles. The molecule has 0 saturated carbocycles. The van der Waals surface area contributed by atoms with Gasteiger partial charge in [0.2, 0.25) is 5.91 Å². The predicted molar refractivity (Wildman–Crippen MR) is 96.3 cm³/mol. The number of benzene rings is 1. The molecule has 0 bridgehead atoms. The number of carbonyl (C=O) groups excluding carboxylic acids is 1. The molecule has 5 heteroatoms. The molecule has 132 valence electrons. The van der Waals surface area contributed by atoms with Crippen LogP contribution in [-0.2, 0) is 17.9 Å². The van der Waals surface area contributed by atoms with E-state index in [1.165, 1.54) is 12.0 Å². The van der Waals surface area contributed by atoms with Gasteiger partial charge < -0.3 is 9.64 Å². The molecule has 2 aliphatic rings. The molecule has 0 N–H and O–H groups in total. The highest BCUT2D eigenvalue weighted by Gasteiger charge is 2.28. The lowest BCUT2D eigenvalue weighted by Gasteiger charge is -2.35. The molecule has 1 aromatic carbocycles. The van der Waals surface area contributed by atoms with E-state index in [0.29, 0.717) is 25.0 Å². The van der Waals surface area contributed by atoms with Gasteiger partial charge in [-0.25, -0.2) is 0 Å². The maximum Gasteiger partial charge on any atom is 0.244 e. The lowest BCUT2D eigenvalue weighted by molar-refractivity contribution is -0.134. The predicted octanol–water partition coefficient (Wildman–Crippen LogP) is 3.26. The van der Waals surface area contributed by atoms with Gasteiger partial charge in [-0.15, -0.1) is 0 Å². The van der Waals surface area contributed by atoms with E-state index in [0.717, 1.165) is 35.7 Å². The van der Waals surface area contributed by atoms with E-state index in [9.17, 15) is 4.79 Å². The average Bonchev–Trinajstić information content (AvgIpc) is 2.97. The van der Waals surface area contributed by atoms with E-state index < -0.39 is 0 Å². The van der Waals surface area contributed by atoms with Gasteiger partial charge in [0, 0.05) is 24.2 Å². The van der Waals surface area contributed by atoms with Crippen molar-refractivity contribution in [3.05, 3.63) is 35.5 Å². The van der Waals surface area contributed by atoms with Crippen LogP contribution < -0.4 is 4.74 Å². The van der Waals surface area contributed by atoms with Gasteiger partial charge in [0.05, 0.1) is 11.9 Å². The summed E-state index contributed by atoms with van der Waals surface area (Å²) in [7, 11) is 0. The lowest BCUT2D eigenvalue weighted by Crippen LogP contribution is -2.44. The summed E-state index contributed by atoms with van der Waals surface area (Å²) in [6.07, 6.45) is 3.03. The topological polar surface area (TPSA) is 47.4 Å². The molecule has 0 aliphatic carbocycles. The van der Waals surface area contributed by atoms with Gasteiger partial charge in [0.25, 0.3) is 0 Å². The van der Waals surface area contributed by atoms with Crippen molar-refractivity contribution in [3.8, 4) is 17.0 Å². The highest BCUT2D eigenvalue weighted by Crippen LogP contribution is 2.38. The summed E-state index contributed by atoms with van der Waals surface area (Å²) in [6.45, 7) is 9.03. The van der Waals surface area contributed by atoms with Gasteiger partial charge in [-0.1, -0.05) is 25.5 Å². The number of ether oxygens (including phenoxy) is 1. The van der Waals surface area contributed by atoms with Crippen LogP contribution >= 0.6 is 0 Å². The number of fused-ring (bicyclic) bond motifs is 3. The number of aryl methyl sites for hydroxylation is 1. The van der Waals surface area contributed by atoms with Crippen LogP contribution in [0.4, 0.5) is 0 Å². The van der Waals surface area contributed by atoms with Crippen LogP contribution in [0.15, 0.2) is 24.4 Å². The molecule has 2 atom stereocenters. The van der Waals surface area contributed by atoms with E-state index >= 15 is 0 Å². The Morgan fingerprint density at radius 3 is 2.80 bits per heavy atom. The largest absolute Gasteiger partial charge is 0.488 e. The summed E-state index contributed by atoms with van der Waals surface area (Å²) in [4.78, 5) is 14.9. The molecule has 4 rings (SSSR count). The fourth-order valence-electron chi connectivity index (χ4n) is 4.17. The number of carbonyl (C=O) groups is 1. The van der Waals surface area contributed by atoms with Crippen molar-refractivity contribution in [1.82, 2.24) is 14.7 Å². The molecule has 2 aromatic rings. The first-order valence-corrected chi connectivity index (χ1v) is 9.07. The summed E-state index contributed by atoms with van der Waals surface area (Å²) in [5, 5.41) is 4.49. The fourth-order valence-corrected chi connectivity index (χ4v) is 4.17. The zero-order valence-corrected chi connectivity index (χ0v) is 15.2. The minimum atomic E-state index is 0.157. The van der Waals surface area contributed by atoms with E-state index in [1.807, 2.05) is 27.9 Å². The number of amides is 1. The highest BCUT2D eigenvalue weighted by molar-refractivity contribution is 5.78. The van der Waals surface area contributed by atoms with Crippen LogP contribution in [-0.4, -0.2) is 33.7 Å². The molecule has 25 heavy (non-hydrogen) atoms.